The fourth-order valence-electron chi connectivity index (χ4n) is 3.23. The Morgan fingerprint density at radius 2 is 1.66 bits per heavy atom. The van der Waals surface area contributed by atoms with Gasteiger partial charge in [-0.15, -0.1) is 0 Å². The molecular weight excluding hydrogens is 453 g/mol. The van der Waals surface area contributed by atoms with Gasteiger partial charge < -0.3 is 10.4 Å². The van der Waals surface area contributed by atoms with Crippen molar-refractivity contribution in [1.29, 1.82) is 0 Å². The number of aliphatic hydroxyl groups is 1. The molecule has 1 aliphatic carbocycles. The van der Waals surface area contributed by atoms with Crippen molar-refractivity contribution < 1.29 is 36.1 Å². The largest absolute Gasteiger partial charge is 0.427 e. The number of anilines is 1. The summed E-state index contributed by atoms with van der Waals surface area (Å²) in [5, 5.41) is 12.0. The number of carbonyl (C=O) groups is 1. The van der Waals surface area contributed by atoms with Crippen LogP contribution >= 0.6 is 0 Å². The third-order valence-corrected chi connectivity index (χ3v) is 7.42. The summed E-state index contributed by atoms with van der Waals surface area (Å²) in [5.74, 6) is 4.33. The standard InChI is InChI=1S/C22H22F5NO3S/c1-32(31,13-15-2-3-15)18-10-4-14(5-11-18)12-19(29)28-17-8-6-16(7-9-17)21(30,20(23)24)22(25,26)27/h4-11,15,20,30H,1-3,12-13H2,(H,28,29)/t21-,32?/m0/s1. The van der Waals surface area contributed by atoms with E-state index in [0.29, 0.717) is 34.3 Å². The maximum Gasteiger partial charge on any atom is 0.427 e. The number of nitrogens with one attached hydrogen (secondary N) is 1. The zero-order valence-electron chi connectivity index (χ0n) is 16.9. The van der Waals surface area contributed by atoms with Crippen LogP contribution in [-0.4, -0.2) is 39.4 Å². The topological polar surface area (TPSA) is 66.4 Å². The van der Waals surface area contributed by atoms with Crippen LogP contribution in [0.25, 0.3) is 0 Å². The second kappa shape index (κ2) is 8.82. The number of amides is 1. The van der Waals surface area contributed by atoms with Crippen molar-refractivity contribution in [2.75, 3.05) is 11.1 Å². The molecule has 174 valence electrons. The molecule has 1 amide bonds. The Labute approximate surface area is 182 Å². The lowest BCUT2D eigenvalue weighted by Gasteiger charge is -2.30. The number of halogens is 5. The monoisotopic (exact) mass is 475 g/mol. The lowest BCUT2D eigenvalue weighted by Crippen LogP contribution is -2.48. The molecule has 0 aliphatic heterocycles. The van der Waals surface area contributed by atoms with E-state index in [-0.39, 0.29) is 12.1 Å². The van der Waals surface area contributed by atoms with Crippen molar-refractivity contribution in [3.8, 4) is 0 Å². The van der Waals surface area contributed by atoms with Gasteiger partial charge in [0, 0.05) is 16.3 Å². The molecule has 2 aromatic rings. The minimum absolute atomic E-state index is 0.0630. The molecule has 32 heavy (non-hydrogen) atoms. The first-order chi connectivity index (χ1) is 14.8. The quantitative estimate of drug-likeness (QED) is 0.440. The molecule has 1 aliphatic rings. The Morgan fingerprint density at radius 1 is 1.09 bits per heavy atom. The number of benzene rings is 2. The van der Waals surface area contributed by atoms with Crippen molar-refractivity contribution in [2.45, 2.75) is 42.4 Å². The van der Waals surface area contributed by atoms with Gasteiger partial charge in [0.15, 0.2) is 0 Å². The van der Waals surface area contributed by atoms with E-state index in [1.807, 2.05) is 0 Å². The zero-order chi connectivity index (χ0) is 23.7. The van der Waals surface area contributed by atoms with Gasteiger partial charge in [0.1, 0.15) is 0 Å². The summed E-state index contributed by atoms with van der Waals surface area (Å²) in [5.41, 5.74) is -4.63. The Hall–Kier alpha value is -2.46. The van der Waals surface area contributed by atoms with E-state index in [0.717, 1.165) is 25.0 Å². The highest BCUT2D eigenvalue weighted by Crippen LogP contribution is 2.43. The van der Waals surface area contributed by atoms with Crippen molar-refractivity contribution in [3.63, 3.8) is 0 Å². The highest BCUT2D eigenvalue weighted by atomic mass is 32.2. The van der Waals surface area contributed by atoms with Crippen molar-refractivity contribution >= 4 is 27.0 Å². The van der Waals surface area contributed by atoms with Gasteiger partial charge >= 0.3 is 6.18 Å². The molecular formula is C22H22F5NO3S. The Kier molecular flexibility index (Phi) is 6.67. The van der Waals surface area contributed by atoms with Crippen LogP contribution in [0.4, 0.5) is 27.6 Å². The summed E-state index contributed by atoms with van der Waals surface area (Å²) in [6.07, 6.45) is -7.60. The molecule has 0 spiro atoms. The smallest absolute Gasteiger partial charge is 0.372 e. The first-order valence-corrected chi connectivity index (χ1v) is 11.6. The number of hydrogen-bond donors (Lipinski definition) is 2. The van der Waals surface area contributed by atoms with Gasteiger partial charge in [0.05, 0.1) is 6.42 Å². The van der Waals surface area contributed by atoms with Crippen molar-refractivity contribution in [1.82, 2.24) is 0 Å². The van der Waals surface area contributed by atoms with Crippen LogP contribution in [0.1, 0.15) is 24.0 Å². The van der Waals surface area contributed by atoms with Crippen molar-refractivity contribution in [2.24, 2.45) is 5.92 Å². The lowest BCUT2D eigenvalue weighted by atomic mass is 9.93. The summed E-state index contributed by atoms with van der Waals surface area (Å²) >= 11 is 0. The lowest BCUT2D eigenvalue weighted by molar-refractivity contribution is -0.305. The molecule has 0 radical (unpaired) electrons. The fraction of sp³-hybridized carbons (Fsp3) is 0.364. The van der Waals surface area contributed by atoms with Crippen LogP contribution in [0.5, 0.6) is 0 Å². The van der Waals surface area contributed by atoms with Gasteiger partial charge in [-0.2, -0.15) is 13.2 Å². The number of rotatable bonds is 8. The van der Waals surface area contributed by atoms with Crippen LogP contribution in [0, 0.1) is 5.92 Å². The maximum atomic E-state index is 12.9. The Balaban J connectivity index is 1.64. The van der Waals surface area contributed by atoms with Crippen LogP contribution < -0.4 is 5.32 Å². The summed E-state index contributed by atoms with van der Waals surface area (Å²) in [6, 6.07) is 10.0. The van der Waals surface area contributed by atoms with Gasteiger partial charge in [0.25, 0.3) is 6.43 Å². The zero-order valence-corrected chi connectivity index (χ0v) is 17.7. The second-order valence-electron chi connectivity index (χ2n) is 7.93. The van der Waals surface area contributed by atoms with E-state index >= 15 is 0 Å². The maximum absolute atomic E-state index is 12.9. The van der Waals surface area contributed by atoms with E-state index in [4.69, 9.17) is 0 Å². The first-order valence-electron chi connectivity index (χ1n) is 9.74. The molecule has 1 unspecified atom stereocenters. The first kappa shape index (κ1) is 24.2. The second-order valence-corrected chi connectivity index (χ2v) is 10.4. The fourth-order valence-corrected chi connectivity index (χ4v) is 5.15. The van der Waals surface area contributed by atoms with Gasteiger partial charge in [-0.3, -0.25) is 9.00 Å². The molecule has 0 aromatic heterocycles. The molecule has 2 N–H and O–H groups in total. The minimum atomic E-state index is -5.58. The number of alkyl halides is 5. The highest BCUT2D eigenvalue weighted by molar-refractivity contribution is 8.00. The minimum Gasteiger partial charge on any atom is -0.372 e. The van der Waals surface area contributed by atoms with Gasteiger partial charge in [-0.05, 0) is 69.5 Å². The summed E-state index contributed by atoms with van der Waals surface area (Å²) in [7, 11) is -2.38. The van der Waals surface area contributed by atoms with E-state index in [1.165, 1.54) is 0 Å². The summed E-state index contributed by atoms with van der Waals surface area (Å²) in [4.78, 5) is 12.8. The predicted molar refractivity (Wildman–Crippen MR) is 112 cm³/mol. The molecule has 0 saturated heterocycles. The molecule has 1 saturated carbocycles. The number of carbonyl (C=O) groups excluding carboxylic acids is 1. The van der Waals surface area contributed by atoms with Crippen LogP contribution in [0.3, 0.4) is 0 Å². The molecule has 2 aromatic carbocycles. The third kappa shape index (κ3) is 5.29. The normalized spacial score (nSPS) is 18.1. The molecule has 10 heteroatoms. The predicted octanol–water partition coefficient (Wildman–Crippen LogP) is 4.37. The SMILES string of the molecule is C=S(=O)(CC1CC1)c1ccc(CC(=O)Nc2ccc([C@](O)(C(F)F)C(F)(F)F)cc2)cc1. The Morgan fingerprint density at radius 3 is 2.12 bits per heavy atom. The number of hydrogen-bond acceptors (Lipinski definition) is 3. The van der Waals surface area contributed by atoms with Gasteiger partial charge in [-0.1, -0.05) is 24.3 Å². The third-order valence-electron chi connectivity index (χ3n) is 5.28. The van der Waals surface area contributed by atoms with E-state index < -0.39 is 39.2 Å². The molecule has 0 heterocycles. The molecule has 2 atom stereocenters. The summed E-state index contributed by atoms with van der Waals surface area (Å²) < 4.78 is 77.4. The van der Waals surface area contributed by atoms with Gasteiger partial charge in [0.2, 0.25) is 11.5 Å². The summed E-state index contributed by atoms with van der Waals surface area (Å²) in [6.45, 7) is 0. The average molecular weight is 475 g/mol. The van der Waals surface area contributed by atoms with E-state index in [9.17, 15) is 36.1 Å². The van der Waals surface area contributed by atoms with Crippen LogP contribution in [-0.2, 0) is 26.3 Å². The molecule has 0 bridgehead atoms. The van der Waals surface area contributed by atoms with Crippen LogP contribution in [0.15, 0.2) is 53.4 Å². The molecule has 3 rings (SSSR count). The highest BCUT2D eigenvalue weighted by Gasteiger charge is 2.61. The van der Waals surface area contributed by atoms with E-state index in [2.05, 4.69) is 11.2 Å². The molecule has 1 fully saturated rings. The van der Waals surface area contributed by atoms with Crippen molar-refractivity contribution in [3.05, 3.63) is 59.7 Å². The molecule has 4 nitrogen and oxygen atoms in total. The van der Waals surface area contributed by atoms with E-state index in [1.54, 1.807) is 24.3 Å². The van der Waals surface area contributed by atoms with Crippen LogP contribution in [0.2, 0.25) is 0 Å². The van der Waals surface area contributed by atoms with Gasteiger partial charge in [-0.25, -0.2) is 8.78 Å². The average Bonchev–Trinajstić information content (AvgIpc) is 3.50. The Bertz CT molecular complexity index is 1060.